The van der Waals surface area contributed by atoms with Gasteiger partial charge in [0.05, 0.1) is 17.3 Å². The smallest absolute Gasteiger partial charge is 0.265 e. The first kappa shape index (κ1) is 15.8. The number of thiazole rings is 1. The zero-order chi connectivity index (χ0) is 16.4. The lowest BCUT2D eigenvalue weighted by Gasteiger charge is -2.46. The van der Waals surface area contributed by atoms with Gasteiger partial charge in [0.2, 0.25) is 0 Å². The van der Waals surface area contributed by atoms with E-state index in [2.05, 4.69) is 35.3 Å². The fourth-order valence-corrected chi connectivity index (χ4v) is 4.57. The van der Waals surface area contributed by atoms with Crippen molar-refractivity contribution in [3.63, 3.8) is 0 Å². The van der Waals surface area contributed by atoms with E-state index in [1.807, 2.05) is 4.90 Å². The van der Waals surface area contributed by atoms with Crippen LogP contribution in [0.2, 0.25) is 0 Å². The van der Waals surface area contributed by atoms with Crippen molar-refractivity contribution in [2.24, 2.45) is 0 Å². The molecule has 0 aliphatic carbocycles. The molecule has 0 saturated carbocycles. The normalized spacial score (nSPS) is 23.3. The first-order chi connectivity index (χ1) is 11.8. The van der Waals surface area contributed by atoms with Crippen LogP contribution in [0.25, 0.3) is 0 Å². The van der Waals surface area contributed by atoms with E-state index in [1.54, 1.807) is 11.7 Å². The van der Waals surface area contributed by atoms with E-state index >= 15 is 0 Å². The van der Waals surface area contributed by atoms with Gasteiger partial charge in [-0.15, -0.1) is 11.3 Å². The molecule has 4 rings (SSSR count). The molecule has 0 N–H and O–H groups in total. The first-order valence-corrected chi connectivity index (χ1v) is 9.50. The number of carbonyl (C=O) groups excluding carboxylic acids is 1. The van der Waals surface area contributed by atoms with Gasteiger partial charge in [0.1, 0.15) is 4.88 Å². The van der Waals surface area contributed by atoms with Gasteiger partial charge in [-0.3, -0.25) is 9.78 Å². The molecule has 1 aromatic carbocycles. The van der Waals surface area contributed by atoms with Crippen molar-refractivity contribution in [2.45, 2.75) is 37.2 Å². The van der Waals surface area contributed by atoms with Crippen molar-refractivity contribution in [2.75, 3.05) is 19.7 Å². The van der Waals surface area contributed by atoms with Crippen molar-refractivity contribution in [3.8, 4) is 0 Å². The summed E-state index contributed by atoms with van der Waals surface area (Å²) in [6.45, 7) is 2.37. The summed E-state index contributed by atoms with van der Waals surface area (Å²) in [5.74, 6) is 0.687. The average molecular weight is 342 g/mol. The standard InChI is InChI=1S/C19H22N2O2S/c22-18(17-13-20-14-24-17)21-9-7-19(8-10-21)12-16(6-11-23-19)15-4-2-1-3-5-15/h1-5,13-14,16H,6-12H2/t16-/m1/s1. The highest BCUT2D eigenvalue weighted by Crippen LogP contribution is 2.41. The second-order valence-electron chi connectivity index (χ2n) is 6.79. The van der Waals surface area contributed by atoms with Gasteiger partial charge in [0.25, 0.3) is 5.91 Å². The Morgan fingerprint density at radius 1 is 1.25 bits per heavy atom. The Balaban J connectivity index is 1.41. The summed E-state index contributed by atoms with van der Waals surface area (Å²) in [6.07, 6.45) is 5.69. The number of likely N-dealkylation sites (tertiary alicyclic amines) is 1. The third-order valence-electron chi connectivity index (χ3n) is 5.37. The molecule has 5 heteroatoms. The number of aromatic nitrogens is 1. The Labute approximate surface area is 146 Å². The van der Waals surface area contributed by atoms with E-state index in [-0.39, 0.29) is 11.5 Å². The Kier molecular flexibility index (Phi) is 4.37. The monoisotopic (exact) mass is 342 g/mol. The van der Waals surface area contributed by atoms with Crippen molar-refractivity contribution < 1.29 is 9.53 Å². The maximum Gasteiger partial charge on any atom is 0.265 e. The Hall–Kier alpha value is -1.72. The number of nitrogens with zero attached hydrogens (tertiary/aromatic N) is 2. The summed E-state index contributed by atoms with van der Waals surface area (Å²) in [6, 6.07) is 10.8. The lowest BCUT2D eigenvalue weighted by molar-refractivity contribution is -0.113. The molecule has 1 atom stereocenters. The molecule has 2 saturated heterocycles. The van der Waals surface area contributed by atoms with E-state index in [0.29, 0.717) is 5.92 Å². The van der Waals surface area contributed by atoms with Crippen molar-refractivity contribution >= 4 is 17.2 Å². The molecule has 3 heterocycles. The van der Waals surface area contributed by atoms with E-state index in [4.69, 9.17) is 4.74 Å². The minimum atomic E-state index is -0.0523. The predicted molar refractivity (Wildman–Crippen MR) is 94.4 cm³/mol. The molecular weight excluding hydrogens is 320 g/mol. The lowest BCUT2D eigenvalue weighted by atomic mass is 9.77. The summed E-state index contributed by atoms with van der Waals surface area (Å²) >= 11 is 1.42. The predicted octanol–water partition coefficient (Wildman–Crippen LogP) is 3.71. The SMILES string of the molecule is O=C(c1cncs1)N1CCC2(CC1)C[C@H](c1ccccc1)CCO2. The Bertz CT molecular complexity index is 679. The number of rotatable bonds is 2. The van der Waals surface area contributed by atoms with Gasteiger partial charge in [-0.05, 0) is 37.2 Å². The number of piperidine rings is 1. The van der Waals surface area contributed by atoms with Crippen LogP contribution in [0, 0.1) is 0 Å². The molecule has 0 bridgehead atoms. The molecule has 126 valence electrons. The minimum absolute atomic E-state index is 0.0523. The maximum absolute atomic E-state index is 12.5. The van der Waals surface area contributed by atoms with Crippen LogP contribution < -0.4 is 0 Å². The second kappa shape index (κ2) is 6.65. The van der Waals surface area contributed by atoms with E-state index in [1.165, 1.54) is 16.9 Å². The Morgan fingerprint density at radius 3 is 2.75 bits per heavy atom. The van der Waals surface area contributed by atoms with Crippen LogP contribution in [-0.2, 0) is 4.74 Å². The highest BCUT2D eigenvalue weighted by atomic mass is 32.1. The molecule has 1 spiro atoms. The number of ether oxygens (including phenoxy) is 1. The van der Waals surface area contributed by atoms with E-state index < -0.39 is 0 Å². The van der Waals surface area contributed by atoms with Gasteiger partial charge in [-0.2, -0.15) is 0 Å². The molecule has 1 aromatic heterocycles. The lowest BCUT2D eigenvalue weighted by Crippen LogP contribution is -2.50. The van der Waals surface area contributed by atoms with Crippen molar-refractivity contribution in [1.82, 2.24) is 9.88 Å². The van der Waals surface area contributed by atoms with Crippen molar-refractivity contribution in [3.05, 3.63) is 52.5 Å². The maximum atomic E-state index is 12.5. The number of benzene rings is 1. The topological polar surface area (TPSA) is 42.4 Å². The molecule has 0 unspecified atom stereocenters. The van der Waals surface area contributed by atoms with Crippen LogP contribution in [0.5, 0.6) is 0 Å². The molecule has 2 aliphatic heterocycles. The largest absolute Gasteiger partial charge is 0.375 e. The third-order valence-corrected chi connectivity index (χ3v) is 6.13. The van der Waals surface area contributed by atoms with E-state index in [9.17, 15) is 4.79 Å². The summed E-state index contributed by atoms with van der Waals surface area (Å²) in [5, 5.41) is 0. The molecule has 0 radical (unpaired) electrons. The average Bonchev–Trinajstić information content (AvgIpc) is 3.17. The quantitative estimate of drug-likeness (QED) is 0.835. The number of hydrogen-bond donors (Lipinski definition) is 0. The molecule has 2 aromatic rings. The highest BCUT2D eigenvalue weighted by Gasteiger charge is 2.41. The molecule has 2 fully saturated rings. The molecule has 4 nitrogen and oxygen atoms in total. The first-order valence-electron chi connectivity index (χ1n) is 8.62. The van der Waals surface area contributed by atoms with Gasteiger partial charge in [-0.25, -0.2) is 0 Å². The summed E-state index contributed by atoms with van der Waals surface area (Å²) < 4.78 is 6.23. The molecule has 1 amide bonds. The fraction of sp³-hybridized carbons (Fsp3) is 0.474. The van der Waals surface area contributed by atoms with Gasteiger partial charge in [-0.1, -0.05) is 30.3 Å². The number of carbonyl (C=O) groups is 1. The highest BCUT2D eigenvalue weighted by molar-refractivity contribution is 7.11. The number of amides is 1. The van der Waals surface area contributed by atoms with Crippen molar-refractivity contribution in [1.29, 1.82) is 0 Å². The van der Waals surface area contributed by atoms with Crippen LogP contribution in [-0.4, -0.2) is 41.1 Å². The van der Waals surface area contributed by atoms with Crippen LogP contribution >= 0.6 is 11.3 Å². The van der Waals surface area contributed by atoms with Crippen LogP contribution in [0.3, 0.4) is 0 Å². The zero-order valence-corrected chi connectivity index (χ0v) is 14.5. The zero-order valence-electron chi connectivity index (χ0n) is 13.7. The van der Waals surface area contributed by atoms with Gasteiger partial charge in [0.15, 0.2) is 0 Å². The van der Waals surface area contributed by atoms with Gasteiger partial charge >= 0.3 is 0 Å². The van der Waals surface area contributed by atoms with Gasteiger partial charge in [0, 0.05) is 19.7 Å². The third kappa shape index (κ3) is 3.10. The Morgan fingerprint density at radius 2 is 2.04 bits per heavy atom. The molecule has 2 aliphatic rings. The van der Waals surface area contributed by atoms with Crippen LogP contribution in [0.15, 0.2) is 42.0 Å². The summed E-state index contributed by atoms with van der Waals surface area (Å²) in [5.41, 5.74) is 3.08. The summed E-state index contributed by atoms with van der Waals surface area (Å²) in [7, 11) is 0. The van der Waals surface area contributed by atoms with Crippen LogP contribution in [0.1, 0.15) is 46.8 Å². The number of hydrogen-bond acceptors (Lipinski definition) is 4. The second-order valence-corrected chi connectivity index (χ2v) is 7.68. The molecular formula is C19H22N2O2S. The minimum Gasteiger partial charge on any atom is -0.375 e. The van der Waals surface area contributed by atoms with Gasteiger partial charge < -0.3 is 9.64 Å². The van der Waals surface area contributed by atoms with Crippen LogP contribution in [0.4, 0.5) is 0 Å². The molecule has 24 heavy (non-hydrogen) atoms. The van der Waals surface area contributed by atoms with E-state index in [0.717, 1.165) is 50.3 Å². The summed E-state index contributed by atoms with van der Waals surface area (Å²) in [4.78, 5) is 19.2. The fourth-order valence-electron chi connectivity index (χ4n) is 3.98.